The van der Waals surface area contributed by atoms with E-state index in [0.717, 1.165) is 0 Å². The summed E-state index contributed by atoms with van der Waals surface area (Å²) in [6, 6.07) is 0. The van der Waals surface area contributed by atoms with Gasteiger partial charge in [-0.05, 0) is 12.9 Å². The van der Waals surface area contributed by atoms with Gasteiger partial charge in [0.15, 0.2) is 0 Å². The van der Waals surface area contributed by atoms with E-state index in [4.69, 9.17) is 40.0 Å². The summed E-state index contributed by atoms with van der Waals surface area (Å²) in [4.78, 5) is 0. The quantitative estimate of drug-likeness (QED) is 0.582. The molecule has 0 aromatic carbocycles. The molecule has 80 valence electrons. The highest BCUT2D eigenvalue weighted by molar-refractivity contribution is 4.47. The van der Waals surface area contributed by atoms with Crippen LogP contribution in [0.3, 0.4) is 0 Å². The molecule has 0 saturated carbocycles. The van der Waals surface area contributed by atoms with Crippen molar-refractivity contribution in [2.75, 3.05) is 6.50 Å². The van der Waals surface area contributed by atoms with Crippen LogP contribution >= 0.6 is 0 Å². The Morgan fingerprint density at radius 2 is 1.31 bits per heavy atom. The van der Waals surface area contributed by atoms with E-state index in [1.165, 1.54) is 0 Å². The van der Waals surface area contributed by atoms with Gasteiger partial charge in [-0.25, -0.2) is 0 Å². The largest absolute Gasteiger partial charge is 0.330 e. The van der Waals surface area contributed by atoms with Crippen LogP contribution < -0.4 is 5.73 Å². The molecular weight excluding hydrogens is 158 g/mol. The molecule has 0 aliphatic rings. The van der Waals surface area contributed by atoms with E-state index in [0.29, 0.717) is 0 Å². The van der Waals surface area contributed by atoms with Crippen LogP contribution in [-0.4, -0.2) is 6.50 Å². The Labute approximate surface area is 119 Å². The Kier molecular flexibility index (Phi) is 1.25. The first-order chi connectivity index (χ1) is 15.8. The van der Waals surface area contributed by atoms with Crippen LogP contribution in [0.2, 0.25) is 0 Å². The fourth-order valence-electron chi connectivity index (χ4n) is 0.286. The number of nitrogens with two attached hydrogens (primary N) is 1. The molecule has 0 spiro atoms. The molecule has 0 radical (unpaired) electrons. The Morgan fingerprint density at radius 1 is 0.846 bits per heavy atom. The second kappa shape index (κ2) is 12.0. The minimum Gasteiger partial charge on any atom is -0.330 e. The van der Waals surface area contributed by atoms with E-state index in [-0.39, 0.29) is 0 Å². The van der Waals surface area contributed by atoms with E-state index < -0.39 is 77.1 Å². The maximum atomic E-state index is 7.98. The minimum atomic E-state index is -4.79. The molecule has 0 saturated heterocycles. The third kappa shape index (κ3) is 12.0. The zero-order valence-corrected chi connectivity index (χ0v) is 6.58. The molecule has 0 aliphatic heterocycles. The fourth-order valence-corrected chi connectivity index (χ4v) is 0.286. The molecule has 13 heavy (non-hydrogen) atoms. The van der Waals surface area contributed by atoms with E-state index in [1.807, 2.05) is 0 Å². The Bertz CT molecular complexity index is 798. The molecule has 0 aromatic rings. The first kappa shape index (κ1) is 1.36. The molecule has 1 heteroatoms. The van der Waals surface area contributed by atoms with Gasteiger partial charge in [0.1, 0.15) is 0 Å². The van der Waals surface area contributed by atoms with Crippen molar-refractivity contribution in [2.45, 2.75) is 70.6 Å². The first-order valence-electron chi connectivity index (χ1n) is 15.5. The number of hydrogen-bond acceptors (Lipinski definition) is 1. The van der Waals surface area contributed by atoms with Crippen LogP contribution in [0.4, 0.5) is 0 Å². The highest BCUT2D eigenvalue weighted by atomic mass is 14.5. The molecule has 0 fully saturated rings. The van der Waals surface area contributed by atoms with Crippen molar-refractivity contribution in [1.29, 1.82) is 0 Å². The summed E-state index contributed by atoms with van der Waals surface area (Å²) in [6.07, 6.45) is -45.7. The van der Waals surface area contributed by atoms with E-state index in [9.17, 15) is 0 Å². The molecule has 0 unspecified atom stereocenters. The van der Waals surface area contributed by atoms with Gasteiger partial charge in [-0.2, -0.15) is 0 Å². The van der Waals surface area contributed by atoms with Gasteiger partial charge in [0.2, 0.25) is 0 Å². The van der Waals surface area contributed by atoms with E-state index in [1.54, 1.807) is 0 Å². The Balaban J connectivity index is 7.29. The van der Waals surface area contributed by atoms with Crippen molar-refractivity contribution in [1.82, 2.24) is 0 Å². The lowest BCUT2D eigenvalue weighted by Gasteiger charge is -2.00. The summed E-state index contributed by atoms with van der Waals surface area (Å²) in [5, 5.41) is 0. The molecule has 1 nitrogen and oxygen atoms in total. The molecule has 2 N–H and O–H groups in total. The second-order valence-corrected chi connectivity index (χ2v) is 1.39. The second-order valence-electron chi connectivity index (χ2n) is 1.39. The van der Waals surface area contributed by atoms with Crippen molar-refractivity contribution in [3.05, 3.63) is 0 Å². The van der Waals surface area contributed by atoms with Crippen LogP contribution in [0, 0.1) is 0 Å². The van der Waals surface area contributed by atoms with Gasteiger partial charge < -0.3 is 5.73 Å². The molecular formula is C12H27N. The van der Waals surface area contributed by atoms with E-state index >= 15 is 0 Å². The SMILES string of the molecule is [2H]C([2H])([2H])C([2H])([2H])C([2H])([2H])C([2H])([2H])C([2H])([2H])C([2H])([2H])C([2H])([2H])C([2H])([2H])C([2H])([2H])C([2H])([2H])C([2H])([2H])C([2H])([2H])N. The minimum absolute atomic E-state index is 3.74. The van der Waals surface area contributed by atoms with Crippen molar-refractivity contribution < 1.29 is 34.3 Å². The standard InChI is InChI=1S/C12H27N/c1-2-3-4-5-6-7-8-9-10-11-12-13/h2-13H2,1H3/i1D3,2D2,3D2,4D2,5D2,6D2,7D2,8D2,9D2,10D2,11D2,12D2. The van der Waals surface area contributed by atoms with Crippen molar-refractivity contribution in [3.63, 3.8) is 0 Å². The average Bonchev–Trinajstić information content (AvgIpc) is 2.64. The summed E-state index contributed by atoms with van der Waals surface area (Å²) >= 11 is 0. The van der Waals surface area contributed by atoms with Crippen molar-refractivity contribution in [3.8, 4) is 0 Å². The van der Waals surface area contributed by atoms with Gasteiger partial charge in [0.05, 0.1) is 0 Å². The predicted octanol–water partition coefficient (Wildman–Crippen LogP) is 3.87. The Hall–Kier alpha value is -0.0400. The fraction of sp³-hybridized carbons (Fsp3) is 1.00. The van der Waals surface area contributed by atoms with Gasteiger partial charge in [-0.3, -0.25) is 0 Å². The maximum Gasteiger partial charge on any atom is 0.0425 e. The van der Waals surface area contributed by atoms with Crippen LogP contribution in [-0.2, 0) is 0 Å². The highest BCUT2D eigenvalue weighted by Gasteiger charge is 1.90. The van der Waals surface area contributed by atoms with E-state index in [2.05, 4.69) is 0 Å². The zero-order valence-electron chi connectivity index (χ0n) is 31.6. The summed E-state index contributed by atoms with van der Waals surface area (Å²) in [7, 11) is 0. The summed E-state index contributed by atoms with van der Waals surface area (Å²) in [5.74, 6) is 0. The van der Waals surface area contributed by atoms with Crippen LogP contribution in [0.25, 0.3) is 0 Å². The maximum absolute atomic E-state index is 7.98. The zero-order chi connectivity index (χ0) is 32.0. The average molecular weight is 211 g/mol. The van der Waals surface area contributed by atoms with Gasteiger partial charge in [-0.15, -0.1) is 0 Å². The molecule has 0 heterocycles. The summed E-state index contributed by atoms with van der Waals surface area (Å²) in [5.41, 5.74) is 4.91. The topological polar surface area (TPSA) is 26.0 Å². The summed E-state index contributed by atoms with van der Waals surface area (Å²) in [6.45, 7) is -7.73. The molecule has 0 atom stereocenters. The first-order valence-corrected chi connectivity index (χ1v) is 3.04. The lowest BCUT2D eigenvalue weighted by molar-refractivity contribution is 0.558. The molecule has 0 aromatic heterocycles. The van der Waals surface area contributed by atoms with Gasteiger partial charge >= 0.3 is 0 Å². The van der Waals surface area contributed by atoms with Gasteiger partial charge in [-0.1, -0.05) is 64.2 Å². The molecule has 0 bridgehead atoms. The van der Waals surface area contributed by atoms with Crippen molar-refractivity contribution >= 4 is 0 Å². The van der Waals surface area contributed by atoms with Gasteiger partial charge in [0.25, 0.3) is 0 Å². The number of rotatable bonds is 10. The Morgan fingerprint density at radius 3 is 1.77 bits per heavy atom. The highest BCUT2D eigenvalue weighted by Crippen LogP contribution is 2.09. The summed E-state index contributed by atoms with van der Waals surface area (Å²) < 4.78 is 192. The van der Waals surface area contributed by atoms with Crippen LogP contribution in [0.1, 0.15) is 105 Å². The van der Waals surface area contributed by atoms with Crippen molar-refractivity contribution in [2.24, 2.45) is 5.73 Å². The third-order valence-electron chi connectivity index (χ3n) is 0.635. The molecule has 0 aliphatic carbocycles. The molecule has 0 rings (SSSR count). The van der Waals surface area contributed by atoms with Gasteiger partial charge in [0, 0.05) is 34.3 Å². The lowest BCUT2D eigenvalue weighted by Crippen LogP contribution is -1.97. The van der Waals surface area contributed by atoms with Crippen LogP contribution in [0.15, 0.2) is 0 Å². The predicted molar refractivity (Wildman–Crippen MR) is 60.9 cm³/mol. The van der Waals surface area contributed by atoms with Crippen LogP contribution in [0.5, 0.6) is 0 Å². The number of hydrogen-bond donors (Lipinski definition) is 1. The third-order valence-corrected chi connectivity index (χ3v) is 0.635. The smallest absolute Gasteiger partial charge is 0.0425 e. The monoisotopic (exact) mass is 210 g/mol. The molecule has 0 amide bonds. The lowest BCUT2D eigenvalue weighted by atomic mass is 10.1. The normalized spacial score (nSPS) is 52.2.